The molecule has 1 saturated carbocycles. The Balaban J connectivity index is 1.54. The van der Waals surface area contributed by atoms with Crippen molar-refractivity contribution in [3.63, 3.8) is 0 Å². The highest BCUT2D eigenvalue weighted by Crippen LogP contribution is 2.58. The Morgan fingerprint density at radius 2 is 1.38 bits per heavy atom. The predicted molar refractivity (Wildman–Crippen MR) is 111 cm³/mol. The van der Waals surface area contributed by atoms with Crippen molar-refractivity contribution in [3.05, 3.63) is 83.4 Å². The molecule has 2 aromatic carbocycles. The number of amides is 2. The number of hydrogen-bond acceptors (Lipinski definition) is 3. The molecule has 0 aromatic heterocycles. The molecule has 2 aromatic rings. The first-order valence-corrected chi connectivity index (χ1v) is 9.92. The van der Waals surface area contributed by atoms with E-state index in [0.717, 1.165) is 11.1 Å². The Labute approximate surface area is 169 Å². The zero-order chi connectivity index (χ0) is 20.3. The molecular formula is C25H21NO3. The minimum atomic E-state index is -0.354. The van der Waals surface area contributed by atoms with Crippen LogP contribution in [0.5, 0.6) is 0 Å². The number of imide groups is 1. The van der Waals surface area contributed by atoms with Crippen molar-refractivity contribution in [1.29, 1.82) is 0 Å². The SMILES string of the molecule is CC(=O)c1cccc(N2C(=O)[C@@H]3[C@@H](C2=O)[C@H]2C=C[C@H]3C2=C(C)c2ccccc2)c1. The Hall–Kier alpha value is -3.27. The second kappa shape index (κ2) is 6.38. The highest BCUT2D eigenvalue weighted by atomic mass is 16.2. The van der Waals surface area contributed by atoms with Crippen LogP contribution in [0, 0.1) is 23.7 Å². The lowest BCUT2D eigenvalue weighted by atomic mass is 9.85. The number of carbonyl (C=O) groups is 3. The maximum absolute atomic E-state index is 13.3. The van der Waals surface area contributed by atoms with Crippen molar-refractivity contribution in [2.24, 2.45) is 23.7 Å². The van der Waals surface area contributed by atoms with E-state index in [1.165, 1.54) is 17.4 Å². The van der Waals surface area contributed by atoms with Crippen LogP contribution in [0.25, 0.3) is 5.57 Å². The number of fused-ring (bicyclic) bond motifs is 5. The van der Waals surface area contributed by atoms with Crippen LogP contribution in [0.2, 0.25) is 0 Å². The topological polar surface area (TPSA) is 54.5 Å². The number of benzene rings is 2. The Morgan fingerprint density at radius 1 is 0.793 bits per heavy atom. The Bertz CT molecular complexity index is 1080. The lowest BCUT2D eigenvalue weighted by Gasteiger charge is -2.20. The molecule has 2 aliphatic carbocycles. The van der Waals surface area contributed by atoms with E-state index in [-0.39, 0.29) is 41.3 Å². The van der Waals surface area contributed by atoms with Gasteiger partial charge in [-0.05, 0) is 37.1 Å². The van der Waals surface area contributed by atoms with E-state index in [1.807, 2.05) is 18.2 Å². The van der Waals surface area contributed by atoms with Crippen LogP contribution in [0.1, 0.15) is 29.8 Å². The van der Waals surface area contributed by atoms with Crippen LogP contribution >= 0.6 is 0 Å². The maximum Gasteiger partial charge on any atom is 0.238 e. The van der Waals surface area contributed by atoms with Crippen LogP contribution < -0.4 is 4.90 Å². The van der Waals surface area contributed by atoms with Gasteiger partial charge in [0.25, 0.3) is 0 Å². The van der Waals surface area contributed by atoms with Gasteiger partial charge in [-0.1, -0.05) is 60.2 Å². The summed E-state index contributed by atoms with van der Waals surface area (Å²) in [6.07, 6.45) is 4.18. The molecule has 1 saturated heterocycles. The number of carbonyl (C=O) groups excluding carboxylic acids is 3. The number of allylic oxidation sites excluding steroid dienone is 4. The average Bonchev–Trinajstić information content (AvgIpc) is 3.37. The third-order valence-corrected chi connectivity index (χ3v) is 6.57. The van der Waals surface area contributed by atoms with Gasteiger partial charge in [-0.15, -0.1) is 0 Å². The van der Waals surface area contributed by atoms with Gasteiger partial charge in [-0.25, -0.2) is 4.90 Å². The fourth-order valence-corrected chi connectivity index (χ4v) is 5.24. The van der Waals surface area contributed by atoms with Crippen molar-refractivity contribution in [3.8, 4) is 0 Å². The van der Waals surface area contributed by atoms with Gasteiger partial charge >= 0.3 is 0 Å². The van der Waals surface area contributed by atoms with E-state index in [1.54, 1.807) is 24.3 Å². The number of hydrogen-bond donors (Lipinski definition) is 0. The van der Waals surface area contributed by atoms with Gasteiger partial charge in [0.15, 0.2) is 5.78 Å². The Morgan fingerprint density at radius 3 is 1.97 bits per heavy atom. The van der Waals surface area contributed by atoms with Gasteiger partial charge in [0, 0.05) is 17.4 Å². The zero-order valence-corrected chi connectivity index (χ0v) is 16.3. The molecular weight excluding hydrogens is 362 g/mol. The second-order valence-electron chi connectivity index (χ2n) is 8.05. The zero-order valence-electron chi connectivity index (χ0n) is 16.3. The van der Waals surface area contributed by atoms with Gasteiger partial charge in [0.05, 0.1) is 17.5 Å². The van der Waals surface area contributed by atoms with Crippen molar-refractivity contribution in [1.82, 2.24) is 0 Å². The molecule has 5 rings (SSSR count). The minimum absolute atomic E-state index is 0.0392. The molecule has 4 heteroatoms. The van der Waals surface area contributed by atoms with Crippen molar-refractivity contribution in [2.45, 2.75) is 13.8 Å². The van der Waals surface area contributed by atoms with E-state index in [9.17, 15) is 14.4 Å². The van der Waals surface area contributed by atoms with Gasteiger partial charge in [0.1, 0.15) is 0 Å². The summed E-state index contributed by atoms with van der Waals surface area (Å²) < 4.78 is 0. The lowest BCUT2D eigenvalue weighted by Crippen LogP contribution is -2.33. The smallest absolute Gasteiger partial charge is 0.238 e. The standard InChI is InChI=1S/C25H21NO3/c1-14(16-7-4-3-5-8-16)21-19-11-12-20(21)23-22(19)24(28)26(25(23)29)18-10-6-9-17(13-18)15(2)27/h3-13,19-20,22-23H,1-2H3/t19-,20-,22-,23-/m0/s1. The maximum atomic E-state index is 13.3. The summed E-state index contributed by atoms with van der Waals surface area (Å²) in [4.78, 5) is 39.7. The molecule has 4 nitrogen and oxygen atoms in total. The molecule has 2 fully saturated rings. The monoisotopic (exact) mass is 383 g/mol. The number of nitrogens with zero attached hydrogens (tertiary/aromatic N) is 1. The number of rotatable bonds is 3. The summed E-state index contributed by atoms with van der Waals surface area (Å²) >= 11 is 0. The Kier molecular flexibility index (Phi) is 3.91. The molecule has 0 radical (unpaired) electrons. The normalized spacial score (nSPS) is 27.0. The fourth-order valence-electron chi connectivity index (χ4n) is 5.24. The number of ketones is 1. The van der Waals surface area contributed by atoms with Crippen molar-refractivity contribution in [2.75, 3.05) is 4.90 Å². The summed E-state index contributed by atoms with van der Waals surface area (Å²) in [6.45, 7) is 3.57. The van der Waals surface area contributed by atoms with Gasteiger partial charge < -0.3 is 0 Å². The molecule has 0 N–H and O–H groups in total. The van der Waals surface area contributed by atoms with Crippen LogP contribution in [-0.2, 0) is 9.59 Å². The highest BCUT2D eigenvalue weighted by molar-refractivity contribution is 6.23. The summed E-state index contributed by atoms with van der Waals surface area (Å²) in [5, 5.41) is 0. The first-order valence-electron chi connectivity index (χ1n) is 9.92. The summed E-state index contributed by atoms with van der Waals surface area (Å²) in [7, 11) is 0. The lowest BCUT2D eigenvalue weighted by molar-refractivity contribution is -0.122. The average molecular weight is 383 g/mol. The quantitative estimate of drug-likeness (QED) is 0.451. The summed E-state index contributed by atoms with van der Waals surface area (Å²) in [5.41, 5.74) is 4.48. The van der Waals surface area contributed by atoms with Crippen LogP contribution in [0.15, 0.2) is 72.3 Å². The van der Waals surface area contributed by atoms with Crippen LogP contribution in [0.3, 0.4) is 0 Å². The fraction of sp³-hybridized carbons (Fsp3) is 0.240. The molecule has 1 aliphatic heterocycles. The predicted octanol–water partition coefficient (Wildman–Crippen LogP) is 4.28. The molecule has 0 spiro atoms. The number of anilines is 1. The van der Waals surface area contributed by atoms with E-state index in [2.05, 4.69) is 31.2 Å². The molecule has 144 valence electrons. The molecule has 2 amide bonds. The van der Waals surface area contributed by atoms with E-state index in [0.29, 0.717) is 11.3 Å². The molecule has 4 atom stereocenters. The van der Waals surface area contributed by atoms with Crippen molar-refractivity contribution >= 4 is 28.9 Å². The molecule has 2 bridgehead atoms. The van der Waals surface area contributed by atoms with Gasteiger partial charge in [-0.3, -0.25) is 14.4 Å². The van der Waals surface area contributed by atoms with Crippen LogP contribution in [0.4, 0.5) is 5.69 Å². The molecule has 3 aliphatic rings. The number of Topliss-reactive ketones (excluding diaryl/α,β-unsaturated/α-hetero) is 1. The molecule has 0 unspecified atom stereocenters. The highest BCUT2D eigenvalue weighted by Gasteiger charge is 2.62. The van der Waals surface area contributed by atoms with Gasteiger partial charge in [-0.2, -0.15) is 0 Å². The first-order chi connectivity index (χ1) is 14.0. The van der Waals surface area contributed by atoms with E-state index in [4.69, 9.17) is 0 Å². The summed E-state index contributed by atoms with van der Waals surface area (Å²) in [5.74, 6) is -1.19. The van der Waals surface area contributed by atoms with Crippen molar-refractivity contribution < 1.29 is 14.4 Å². The third-order valence-electron chi connectivity index (χ3n) is 6.57. The molecule has 29 heavy (non-hydrogen) atoms. The molecule has 1 heterocycles. The van der Waals surface area contributed by atoms with Crippen LogP contribution in [-0.4, -0.2) is 17.6 Å². The first kappa shape index (κ1) is 17.8. The van der Waals surface area contributed by atoms with E-state index < -0.39 is 0 Å². The van der Waals surface area contributed by atoms with E-state index >= 15 is 0 Å². The third kappa shape index (κ3) is 2.48. The largest absolute Gasteiger partial charge is 0.295 e. The summed E-state index contributed by atoms with van der Waals surface area (Å²) in [6, 6.07) is 16.9. The van der Waals surface area contributed by atoms with Gasteiger partial charge in [0.2, 0.25) is 11.8 Å². The second-order valence-corrected chi connectivity index (χ2v) is 8.05. The minimum Gasteiger partial charge on any atom is -0.295 e.